The minimum Gasteiger partial charge on any atom is -0.466 e. The smallest absolute Gasteiger partial charge is 0.214 e. The Morgan fingerprint density at radius 1 is 1.45 bits per heavy atom. The number of hydrogen-bond acceptors (Lipinski definition) is 4. The maximum absolute atomic E-state index is 6.07. The zero-order valence-corrected chi connectivity index (χ0v) is 12.7. The van der Waals surface area contributed by atoms with Gasteiger partial charge in [-0.2, -0.15) is 0 Å². The van der Waals surface area contributed by atoms with E-state index >= 15 is 0 Å². The number of ether oxygens (including phenoxy) is 1. The van der Waals surface area contributed by atoms with Crippen molar-refractivity contribution in [2.24, 2.45) is 5.84 Å². The Bertz CT molecular complexity index is 524. The fraction of sp³-hybridized carbons (Fsp3) is 0.267. The quantitative estimate of drug-likeness (QED) is 0.363. The molecule has 0 spiro atoms. The SMILES string of the molecule is C/C=C\C(Cl)=CC(/C=C\C)Oc1cc(C)c(NN)cn1. The van der Waals surface area contributed by atoms with Crippen LogP contribution in [0.4, 0.5) is 5.69 Å². The Hall–Kier alpha value is -1.78. The van der Waals surface area contributed by atoms with E-state index in [2.05, 4.69) is 10.4 Å². The van der Waals surface area contributed by atoms with Crippen molar-refractivity contribution in [2.75, 3.05) is 5.43 Å². The highest BCUT2D eigenvalue weighted by Gasteiger charge is 2.07. The molecule has 0 saturated heterocycles. The standard InChI is InChI=1S/C15H20ClN3O/c1-4-6-12(16)9-13(7-5-2)20-15-8-11(3)14(19-17)10-18-15/h4-10,13,19H,17H2,1-3H3/b6-4-,7-5-,12-9?. The highest BCUT2D eigenvalue weighted by atomic mass is 35.5. The van der Waals surface area contributed by atoms with E-state index in [9.17, 15) is 0 Å². The van der Waals surface area contributed by atoms with Crippen molar-refractivity contribution in [3.05, 3.63) is 53.2 Å². The second kappa shape index (κ2) is 8.40. The number of pyridine rings is 1. The molecule has 1 heterocycles. The predicted octanol–water partition coefficient (Wildman–Crippen LogP) is 3.70. The van der Waals surface area contributed by atoms with Gasteiger partial charge >= 0.3 is 0 Å². The van der Waals surface area contributed by atoms with E-state index in [1.165, 1.54) is 0 Å². The lowest BCUT2D eigenvalue weighted by Crippen LogP contribution is -2.13. The van der Waals surface area contributed by atoms with Crippen molar-refractivity contribution in [2.45, 2.75) is 26.9 Å². The van der Waals surface area contributed by atoms with Crippen molar-refractivity contribution >= 4 is 17.3 Å². The predicted molar refractivity (Wildman–Crippen MR) is 84.8 cm³/mol. The Kier molecular flexibility index (Phi) is 6.84. The van der Waals surface area contributed by atoms with E-state index in [0.717, 1.165) is 11.3 Å². The van der Waals surface area contributed by atoms with Crippen molar-refractivity contribution in [3.8, 4) is 5.88 Å². The summed E-state index contributed by atoms with van der Waals surface area (Å²) in [6.45, 7) is 5.76. The van der Waals surface area contributed by atoms with Gasteiger partial charge in [-0.05, 0) is 44.6 Å². The molecule has 1 aromatic heterocycles. The largest absolute Gasteiger partial charge is 0.466 e. The Morgan fingerprint density at radius 2 is 2.20 bits per heavy atom. The van der Waals surface area contributed by atoms with Gasteiger partial charge in [-0.25, -0.2) is 4.98 Å². The molecule has 0 aliphatic heterocycles. The van der Waals surface area contributed by atoms with Crippen LogP contribution < -0.4 is 16.0 Å². The summed E-state index contributed by atoms with van der Waals surface area (Å²) >= 11 is 6.07. The van der Waals surface area contributed by atoms with Crippen LogP contribution in [0.2, 0.25) is 0 Å². The third kappa shape index (κ3) is 5.07. The van der Waals surface area contributed by atoms with Crippen LogP contribution in [-0.2, 0) is 0 Å². The van der Waals surface area contributed by atoms with E-state index in [1.807, 2.05) is 57.2 Å². The summed E-state index contributed by atoms with van der Waals surface area (Å²) in [7, 11) is 0. The summed E-state index contributed by atoms with van der Waals surface area (Å²) in [6, 6.07) is 1.82. The number of nitrogens with two attached hydrogens (primary N) is 1. The molecule has 0 radical (unpaired) electrons. The van der Waals surface area contributed by atoms with Gasteiger partial charge in [-0.15, -0.1) is 0 Å². The van der Waals surface area contributed by atoms with Crippen molar-refractivity contribution in [3.63, 3.8) is 0 Å². The number of allylic oxidation sites excluding steroid dienone is 4. The number of aryl methyl sites for hydroxylation is 1. The first-order chi connectivity index (χ1) is 9.60. The number of nitrogens with zero attached hydrogens (tertiary/aromatic N) is 1. The van der Waals surface area contributed by atoms with Crippen molar-refractivity contribution < 1.29 is 4.74 Å². The zero-order chi connectivity index (χ0) is 15.0. The second-order valence-corrected chi connectivity index (χ2v) is 4.58. The molecule has 0 aliphatic rings. The first-order valence-corrected chi connectivity index (χ1v) is 6.71. The van der Waals surface area contributed by atoms with Crippen LogP contribution in [0.1, 0.15) is 19.4 Å². The lowest BCUT2D eigenvalue weighted by molar-refractivity contribution is 0.284. The number of hydrazine groups is 1. The topological polar surface area (TPSA) is 60.2 Å². The summed E-state index contributed by atoms with van der Waals surface area (Å²) in [5.74, 6) is 5.89. The van der Waals surface area contributed by atoms with Crippen molar-refractivity contribution in [1.82, 2.24) is 4.98 Å². The molecular formula is C15H20ClN3O. The molecule has 1 rings (SSSR count). The van der Waals surface area contributed by atoms with Gasteiger partial charge in [0.05, 0.1) is 11.9 Å². The zero-order valence-electron chi connectivity index (χ0n) is 11.9. The van der Waals surface area contributed by atoms with E-state index in [1.54, 1.807) is 6.20 Å². The molecule has 20 heavy (non-hydrogen) atoms. The normalized spacial score (nSPS) is 13.9. The van der Waals surface area contributed by atoms with Crippen molar-refractivity contribution in [1.29, 1.82) is 0 Å². The molecule has 0 aromatic carbocycles. The van der Waals surface area contributed by atoms with Gasteiger partial charge < -0.3 is 10.2 Å². The van der Waals surface area contributed by atoms with Gasteiger partial charge in [0, 0.05) is 11.1 Å². The van der Waals surface area contributed by atoms with E-state index in [0.29, 0.717) is 10.9 Å². The number of nitrogens with one attached hydrogen (secondary N) is 1. The minimum absolute atomic E-state index is 0.271. The second-order valence-electron chi connectivity index (χ2n) is 4.14. The lowest BCUT2D eigenvalue weighted by atomic mass is 10.2. The fourth-order valence-electron chi connectivity index (χ4n) is 1.58. The fourth-order valence-corrected chi connectivity index (χ4v) is 1.83. The van der Waals surface area contributed by atoms with E-state index < -0.39 is 0 Å². The van der Waals surface area contributed by atoms with Crippen LogP contribution in [0.5, 0.6) is 5.88 Å². The lowest BCUT2D eigenvalue weighted by Gasteiger charge is -2.13. The average molecular weight is 294 g/mol. The molecule has 5 heteroatoms. The summed E-state index contributed by atoms with van der Waals surface area (Å²) in [6.07, 6.45) is 10.7. The molecule has 0 fully saturated rings. The maximum atomic E-state index is 6.07. The maximum Gasteiger partial charge on any atom is 0.214 e. The molecule has 0 amide bonds. The van der Waals surface area contributed by atoms with Gasteiger partial charge in [-0.1, -0.05) is 23.8 Å². The molecule has 1 aromatic rings. The first-order valence-electron chi connectivity index (χ1n) is 6.33. The van der Waals surface area contributed by atoms with Gasteiger partial charge in [0.25, 0.3) is 0 Å². The third-order valence-electron chi connectivity index (χ3n) is 2.53. The molecule has 4 nitrogen and oxygen atoms in total. The molecule has 3 N–H and O–H groups in total. The summed E-state index contributed by atoms with van der Waals surface area (Å²) in [4.78, 5) is 4.20. The number of rotatable bonds is 6. The number of halogens is 1. The van der Waals surface area contributed by atoms with Crippen LogP contribution in [0.15, 0.2) is 47.7 Å². The highest BCUT2D eigenvalue weighted by Crippen LogP contribution is 2.19. The molecule has 0 bridgehead atoms. The van der Waals surface area contributed by atoms with Crippen LogP contribution in [-0.4, -0.2) is 11.1 Å². The number of aromatic nitrogens is 1. The van der Waals surface area contributed by atoms with Crippen LogP contribution >= 0.6 is 11.6 Å². The van der Waals surface area contributed by atoms with Gasteiger partial charge in [0.1, 0.15) is 6.10 Å². The number of nitrogen functional groups attached to an aromatic ring is 1. The molecule has 0 aliphatic carbocycles. The number of anilines is 1. The van der Waals surface area contributed by atoms with Crippen LogP contribution in [0.25, 0.3) is 0 Å². The van der Waals surface area contributed by atoms with Gasteiger partial charge in [0.2, 0.25) is 5.88 Å². The molecule has 108 valence electrons. The molecule has 1 unspecified atom stereocenters. The first kappa shape index (κ1) is 16.3. The monoisotopic (exact) mass is 293 g/mol. The summed E-state index contributed by atoms with van der Waals surface area (Å²) in [5.41, 5.74) is 4.30. The van der Waals surface area contributed by atoms with E-state index in [-0.39, 0.29) is 6.10 Å². The highest BCUT2D eigenvalue weighted by molar-refractivity contribution is 6.31. The van der Waals surface area contributed by atoms with Crippen LogP contribution in [0.3, 0.4) is 0 Å². The minimum atomic E-state index is -0.271. The van der Waals surface area contributed by atoms with Gasteiger partial charge in [-0.3, -0.25) is 5.84 Å². The summed E-state index contributed by atoms with van der Waals surface area (Å²) < 4.78 is 5.79. The Morgan fingerprint density at radius 3 is 2.75 bits per heavy atom. The molecule has 1 atom stereocenters. The third-order valence-corrected chi connectivity index (χ3v) is 2.78. The Labute approximate surface area is 125 Å². The summed E-state index contributed by atoms with van der Waals surface area (Å²) in [5, 5.41) is 0.618. The molecule has 0 saturated carbocycles. The van der Waals surface area contributed by atoms with Gasteiger partial charge in [0.15, 0.2) is 0 Å². The molecular weight excluding hydrogens is 274 g/mol. The number of hydrogen-bond donors (Lipinski definition) is 2. The van der Waals surface area contributed by atoms with Crippen LogP contribution in [0, 0.1) is 6.92 Å². The average Bonchev–Trinajstić information content (AvgIpc) is 2.39. The Balaban J connectivity index is 2.91. The van der Waals surface area contributed by atoms with E-state index in [4.69, 9.17) is 22.2 Å².